The van der Waals surface area contributed by atoms with Crippen molar-refractivity contribution in [1.29, 1.82) is 0 Å². The fourth-order valence-electron chi connectivity index (χ4n) is 3.91. The highest BCUT2D eigenvalue weighted by molar-refractivity contribution is 6.30. The maximum absolute atomic E-state index is 13.5. The summed E-state index contributed by atoms with van der Waals surface area (Å²) in [4.78, 5) is 51.8. The second-order valence-corrected chi connectivity index (χ2v) is 9.56. The molecule has 0 aliphatic rings. The molecule has 2 amide bonds. The van der Waals surface area contributed by atoms with Crippen molar-refractivity contribution in [3.8, 4) is 5.69 Å². The Morgan fingerprint density at radius 3 is 2.24 bits per heavy atom. The minimum Gasteiger partial charge on any atom is -0.356 e. The third-order valence-corrected chi connectivity index (χ3v) is 6.00. The largest absolute Gasteiger partial charge is 0.356 e. The summed E-state index contributed by atoms with van der Waals surface area (Å²) in [5, 5.41) is 6.45. The van der Waals surface area contributed by atoms with E-state index in [-0.39, 0.29) is 18.9 Å². The van der Waals surface area contributed by atoms with E-state index in [0.29, 0.717) is 39.8 Å². The van der Waals surface area contributed by atoms with Crippen molar-refractivity contribution in [2.24, 2.45) is 5.92 Å². The van der Waals surface area contributed by atoms with Gasteiger partial charge in [0.1, 0.15) is 6.54 Å². The zero-order chi connectivity index (χ0) is 26.5. The number of carbonyl (C=O) groups is 2. The number of carbonyl (C=O) groups excluding carboxylic acids is 2. The zero-order valence-electron chi connectivity index (χ0n) is 20.5. The maximum atomic E-state index is 13.5. The van der Waals surface area contributed by atoms with E-state index in [2.05, 4.69) is 10.6 Å². The van der Waals surface area contributed by atoms with Gasteiger partial charge in [0, 0.05) is 17.3 Å². The number of nitrogens with zero attached hydrogens (tertiary/aromatic N) is 2. The molecule has 0 bridgehead atoms. The molecule has 9 heteroatoms. The zero-order valence-corrected chi connectivity index (χ0v) is 21.3. The molecule has 0 radical (unpaired) electrons. The molecule has 0 saturated heterocycles. The third kappa shape index (κ3) is 6.16. The molecule has 37 heavy (non-hydrogen) atoms. The highest BCUT2D eigenvalue weighted by atomic mass is 35.5. The first-order valence-corrected chi connectivity index (χ1v) is 12.3. The number of aromatic nitrogens is 2. The maximum Gasteiger partial charge on any atom is 0.336 e. The minimum atomic E-state index is -0.641. The van der Waals surface area contributed by atoms with E-state index >= 15 is 0 Å². The van der Waals surface area contributed by atoms with E-state index < -0.39 is 17.2 Å². The van der Waals surface area contributed by atoms with E-state index in [1.165, 1.54) is 4.57 Å². The van der Waals surface area contributed by atoms with Crippen LogP contribution in [0.25, 0.3) is 16.6 Å². The molecule has 190 valence electrons. The Balaban J connectivity index is 1.66. The molecular weight excluding hydrogens is 492 g/mol. The smallest absolute Gasteiger partial charge is 0.336 e. The van der Waals surface area contributed by atoms with Crippen molar-refractivity contribution >= 4 is 40.0 Å². The van der Waals surface area contributed by atoms with Gasteiger partial charge in [-0.1, -0.05) is 49.7 Å². The SMILES string of the molecule is CC(C)CNC(=O)Cc1ccc(-n2c(=O)c3ccccc3n(CC(=O)Nc3ccc(Cl)cc3)c2=O)cc1. The molecule has 4 rings (SSSR count). The van der Waals surface area contributed by atoms with Gasteiger partial charge in [0.15, 0.2) is 0 Å². The lowest BCUT2D eigenvalue weighted by atomic mass is 10.1. The molecule has 0 aliphatic carbocycles. The van der Waals surface area contributed by atoms with Crippen LogP contribution in [0.1, 0.15) is 19.4 Å². The molecule has 1 aromatic heterocycles. The number of rotatable bonds is 8. The topological polar surface area (TPSA) is 102 Å². The van der Waals surface area contributed by atoms with Gasteiger partial charge in [-0.25, -0.2) is 9.36 Å². The van der Waals surface area contributed by atoms with E-state index in [9.17, 15) is 19.2 Å². The predicted octanol–water partition coefficient (Wildman–Crippen LogP) is 3.76. The summed E-state index contributed by atoms with van der Waals surface area (Å²) in [6, 6.07) is 20.0. The van der Waals surface area contributed by atoms with Crippen LogP contribution in [-0.2, 0) is 22.6 Å². The van der Waals surface area contributed by atoms with Crippen LogP contribution in [0.3, 0.4) is 0 Å². The Morgan fingerprint density at radius 2 is 1.57 bits per heavy atom. The van der Waals surface area contributed by atoms with E-state index in [4.69, 9.17) is 11.6 Å². The van der Waals surface area contributed by atoms with Gasteiger partial charge in [-0.2, -0.15) is 0 Å². The summed E-state index contributed by atoms with van der Waals surface area (Å²) < 4.78 is 2.32. The van der Waals surface area contributed by atoms with Crippen LogP contribution >= 0.6 is 11.6 Å². The lowest BCUT2D eigenvalue weighted by molar-refractivity contribution is -0.120. The van der Waals surface area contributed by atoms with Crippen molar-refractivity contribution < 1.29 is 9.59 Å². The lowest BCUT2D eigenvalue weighted by Crippen LogP contribution is -2.40. The van der Waals surface area contributed by atoms with Crippen molar-refractivity contribution in [2.75, 3.05) is 11.9 Å². The van der Waals surface area contributed by atoms with Gasteiger partial charge >= 0.3 is 5.69 Å². The van der Waals surface area contributed by atoms with Gasteiger partial charge < -0.3 is 10.6 Å². The van der Waals surface area contributed by atoms with E-state index in [0.717, 1.165) is 10.1 Å². The van der Waals surface area contributed by atoms with Crippen molar-refractivity contribution in [3.63, 3.8) is 0 Å². The summed E-state index contributed by atoms with van der Waals surface area (Å²) >= 11 is 5.90. The number of halogens is 1. The van der Waals surface area contributed by atoms with Crippen LogP contribution in [-0.4, -0.2) is 27.5 Å². The lowest BCUT2D eigenvalue weighted by Gasteiger charge is -2.14. The number of anilines is 1. The Labute approximate surface area is 218 Å². The number of amides is 2. The molecule has 0 unspecified atom stereocenters. The first-order chi connectivity index (χ1) is 17.7. The first kappa shape index (κ1) is 25.9. The molecule has 1 heterocycles. The molecule has 0 fully saturated rings. The second kappa shape index (κ2) is 11.3. The van der Waals surface area contributed by atoms with Gasteiger partial charge in [-0.05, 0) is 60.0 Å². The van der Waals surface area contributed by atoms with Crippen molar-refractivity contribution in [2.45, 2.75) is 26.8 Å². The Morgan fingerprint density at radius 1 is 0.892 bits per heavy atom. The standard InChI is InChI=1S/C28H27ClN4O4/c1-18(2)16-30-25(34)15-19-7-13-22(14-8-19)33-27(36)23-5-3-4-6-24(23)32(28(33)37)17-26(35)31-21-11-9-20(29)10-12-21/h3-14,18H,15-17H2,1-2H3,(H,30,34)(H,31,35). The average molecular weight is 519 g/mol. The van der Waals surface area contributed by atoms with Crippen LogP contribution in [0.5, 0.6) is 0 Å². The van der Waals surface area contributed by atoms with Crippen molar-refractivity contribution in [1.82, 2.24) is 14.5 Å². The molecule has 3 aromatic carbocycles. The summed E-state index contributed by atoms with van der Waals surface area (Å²) in [7, 11) is 0. The van der Waals surface area contributed by atoms with Crippen LogP contribution in [0.4, 0.5) is 5.69 Å². The summed E-state index contributed by atoms with van der Waals surface area (Å²) in [6.07, 6.45) is 0.189. The number of hydrogen-bond acceptors (Lipinski definition) is 4. The number of fused-ring (bicyclic) bond motifs is 1. The Hall–Kier alpha value is -4.17. The van der Waals surface area contributed by atoms with Crippen LogP contribution in [0.2, 0.25) is 5.02 Å². The minimum absolute atomic E-state index is 0.0987. The van der Waals surface area contributed by atoms with Crippen LogP contribution in [0.15, 0.2) is 82.4 Å². The van der Waals surface area contributed by atoms with Crippen LogP contribution in [0, 0.1) is 5.92 Å². The fourth-order valence-corrected chi connectivity index (χ4v) is 4.03. The monoisotopic (exact) mass is 518 g/mol. The van der Waals surface area contributed by atoms with Gasteiger partial charge in [0.05, 0.1) is 23.0 Å². The highest BCUT2D eigenvalue weighted by Gasteiger charge is 2.17. The molecule has 8 nitrogen and oxygen atoms in total. The summed E-state index contributed by atoms with van der Waals surface area (Å²) in [6.45, 7) is 4.33. The Kier molecular flexibility index (Phi) is 7.89. The first-order valence-electron chi connectivity index (χ1n) is 11.9. The number of nitrogens with one attached hydrogen (secondary N) is 2. The normalized spacial score (nSPS) is 11.0. The van der Waals surface area contributed by atoms with E-state index in [1.807, 2.05) is 13.8 Å². The van der Waals surface area contributed by atoms with Gasteiger partial charge in [0.25, 0.3) is 5.56 Å². The predicted molar refractivity (Wildman–Crippen MR) is 145 cm³/mol. The second-order valence-electron chi connectivity index (χ2n) is 9.12. The fraction of sp³-hybridized carbons (Fsp3) is 0.214. The average Bonchev–Trinajstić information content (AvgIpc) is 2.88. The van der Waals surface area contributed by atoms with Crippen LogP contribution < -0.4 is 21.9 Å². The number of hydrogen-bond donors (Lipinski definition) is 2. The van der Waals surface area contributed by atoms with Gasteiger partial charge in [0.2, 0.25) is 11.8 Å². The molecule has 4 aromatic rings. The number of para-hydroxylation sites is 1. The molecular formula is C28H27ClN4O4. The summed E-state index contributed by atoms with van der Waals surface area (Å²) in [5.41, 5.74) is 0.863. The molecule has 0 spiro atoms. The molecule has 0 aliphatic heterocycles. The Bertz CT molecular complexity index is 1550. The van der Waals surface area contributed by atoms with Crippen molar-refractivity contribution in [3.05, 3.63) is 104 Å². The molecule has 2 N–H and O–H groups in total. The van der Waals surface area contributed by atoms with Gasteiger partial charge in [-0.15, -0.1) is 0 Å². The quantitative estimate of drug-likeness (QED) is 0.371. The molecule has 0 atom stereocenters. The highest BCUT2D eigenvalue weighted by Crippen LogP contribution is 2.15. The van der Waals surface area contributed by atoms with Gasteiger partial charge in [-0.3, -0.25) is 19.0 Å². The summed E-state index contributed by atoms with van der Waals surface area (Å²) in [5.74, 6) is -0.178. The third-order valence-electron chi connectivity index (χ3n) is 5.75. The van der Waals surface area contributed by atoms with E-state index in [1.54, 1.807) is 72.8 Å². The molecule has 0 saturated carbocycles. The number of benzene rings is 3.